The van der Waals surface area contributed by atoms with Crippen LogP contribution in [0.5, 0.6) is 0 Å². The smallest absolute Gasteiger partial charge is 0.312 e. The average molecular weight is 318 g/mol. The summed E-state index contributed by atoms with van der Waals surface area (Å²) in [5, 5.41) is 5.10. The number of carbonyl (C=O) groups excluding carboxylic acids is 1. The zero-order valence-electron chi connectivity index (χ0n) is 10.7. The van der Waals surface area contributed by atoms with E-state index in [1.807, 2.05) is 12.1 Å². The summed E-state index contributed by atoms with van der Waals surface area (Å²) in [6.45, 7) is 0. The van der Waals surface area contributed by atoms with Crippen molar-refractivity contribution < 1.29 is 9.63 Å². The van der Waals surface area contributed by atoms with Gasteiger partial charge in [-0.05, 0) is 35.9 Å². The molecule has 2 aromatic rings. The lowest BCUT2D eigenvalue weighted by Crippen LogP contribution is -2.06. The van der Waals surface area contributed by atoms with Crippen molar-refractivity contribution in [2.24, 2.45) is 5.16 Å². The highest BCUT2D eigenvalue weighted by atomic mass is 35.5. The predicted octanol–water partition coefficient (Wildman–Crippen LogP) is 4.34. The van der Waals surface area contributed by atoms with Gasteiger partial charge in [0.05, 0.1) is 5.57 Å². The molecule has 0 radical (unpaired) electrons. The van der Waals surface area contributed by atoms with E-state index in [4.69, 9.17) is 28.0 Å². The molecule has 1 heterocycles. The van der Waals surface area contributed by atoms with Crippen LogP contribution >= 0.6 is 23.2 Å². The van der Waals surface area contributed by atoms with Gasteiger partial charge < -0.3 is 4.84 Å². The minimum Gasteiger partial charge on any atom is -0.312 e. The van der Waals surface area contributed by atoms with Gasteiger partial charge in [-0.2, -0.15) is 0 Å². The van der Waals surface area contributed by atoms with Gasteiger partial charge in [0.1, 0.15) is 5.71 Å². The summed E-state index contributed by atoms with van der Waals surface area (Å²) < 4.78 is 0. The molecule has 0 spiro atoms. The van der Waals surface area contributed by atoms with Crippen LogP contribution in [-0.4, -0.2) is 11.7 Å². The number of carbonyl (C=O) groups is 1. The minimum absolute atomic E-state index is 0.402. The molecular weight excluding hydrogens is 309 g/mol. The fourth-order valence-electron chi connectivity index (χ4n) is 1.95. The Morgan fingerprint density at radius 2 is 1.48 bits per heavy atom. The number of rotatable bonds is 2. The summed E-state index contributed by atoms with van der Waals surface area (Å²) in [5.74, 6) is -0.477. The Labute approximate surface area is 131 Å². The summed E-state index contributed by atoms with van der Waals surface area (Å²) in [6, 6.07) is 14.2. The number of nitrogens with zero attached hydrogens (tertiary/aromatic N) is 1. The summed E-state index contributed by atoms with van der Waals surface area (Å²) in [7, 11) is 0. The largest absolute Gasteiger partial charge is 0.368 e. The molecule has 104 valence electrons. The summed E-state index contributed by atoms with van der Waals surface area (Å²) in [4.78, 5) is 16.6. The van der Waals surface area contributed by atoms with E-state index >= 15 is 0 Å². The van der Waals surface area contributed by atoms with Crippen molar-refractivity contribution >= 4 is 41.0 Å². The highest BCUT2D eigenvalue weighted by Gasteiger charge is 2.26. The van der Waals surface area contributed by atoms with Crippen LogP contribution < -0.4 is 0 Å². The molecule has 1 aliphatic heterocycles. The van der Waals surface area contributed by atoms with E-state index < -0.39 is 5.97 Å². The lowest BCUT2D eigenvalue weighted by Gasteiger charge is -2.01. The van der Waals surface area contributed by atoms with Gasteiger partial charge in [-0.25, -0.2) is 4.79 Å². The molecule has 0 aliphatic carbocycles. The molecule has 0 N–H and O–H groups in total. The van der Waals surface area contributed by atoms with Gasteiger partial charge in [-0.3, -0.25) is 0 Å². The Kier molecular flexibility index (Phi) is 3.78. The van der Waals surface area contributed by atoms with E-state index in [0.717, 1.165) is 11.1 Å². The average Bonchev–Trinajstić information content (AvgIpc) is 2.84. The van der Waals surface area contributed by atoms with Crippen molar-refractivity contribution in [3.63, 3.8) is 0 Å². The Morgan fingerprint density at radius 1 is 0.905 bits per heavy atom. The van der Waals surface area contributed by atoms with Gasteiger partial charge >= 0.3 is 5.97 Å². The fourth-order valence-corrected chi connectivity index (χ4v) is 2.20. The third kappa shape index (κ3) is 2.99. The minimum atomic E-state index is -0.477. The molecule has 0 aromatic heterocycles. The number of hydrogen-bond acceptors (Lipinski definition) is 3. The first-order valence-electron chi connectivity index (χ1n) is 6.16. The molecule has 1 aliphatic rings. The van der Waals surface area contributed by atoms with E-state index in [0.29, 0.717) is 21.3 Å². The lowest BCUT2D eigenvalue weighted by molar-refractivity contribution is -0.136. The monoisotopic (exact) mass is 317 g/mol. The summed E-state index contributed by atoms with van der Waals surface area (Å²) in [6.07, 6.45) is 1.72. The van der Waals surface area contributed by atoms with Crippen LogP contribution in [-0.2, 0) is 9.63 Å². The predicted molar refractivity (Wildman–Crippen MR) is 83.5 cm³/mol. The van der Waals surface area contributed by atoms with Crippen LogP contribution in [0.15, 0.2) is 59.3 Å². The number of oxime groups is 1. The number of halogens is 2. The van der Waals surface area contributed by atoms with Crippen molar-refractivity contribution in [1.82, 2.24) is 0 Å². The zero-order chi connectivity index (χ0) is 14.8. The summed E-state index contributed by atoms with van der Waals surface area (Å²) in [5.41, 5.74) is 2.51. The molecular formula is C16H9Cl2NO2. The van der Waals surface area contributed by atoms with Crippen LogP contribution in [0, 0.1) is 0 Å². The van der Waals surface area contributed by atoms with E-state index in [2.05, 4.69) is 5.16 Å². The standard InChI is InChI=1S/C16H9Cl2NO2/c17-12-5-1-10(2-6-12)9-14-15(19-21-16(14)20)11-3-7-13(18)8-4-11/h1-9H. The van der Waals surface area contributed by atoms with E-state index in [1.165, 1.54) is 0 Å². The van der Waals surface area contributed by atoms with Crippen LogP contribution in [0.25, 0.3) is 6.08 Å². The molecule has 0 saturated carbocycles. The Hall–Kier alpha value is -2.10. The first kappa shape index (κ1) is 13.9. The molecule has 21 heavy (non-hydrogen) atoms. The number of benzene rings is 2. The molecule has 0 saturated heterocycles. The van der Waals surface area contributed by atoms with Gasteiger partial charge in [0, 0.05) is 15.6 Å². The molecule has 0 amide bonds. The van der Waals surface area contributed by atoms with Crippen LogP contribution in [0.3, 0.4) is 0 Å². The van der Waals surface area contributed by atoms with Crippen molar-refractivity contribution in [1.29, 1.82) is 0 Å². The first-order valence-corrected chi connectivity index (χ1v) is 6.92. The van der Waals surface area contributed by atoms with E-state index in [-0.39, 0.29) is 0 Å². The Morgan fingerprint density at radius 3 is 2.10 bits per heavy atom. The van der Waals surface area contributed by atoms with Crippen molar-refractivity contribution in [3.05, 3.63) is 75.3 Å². The molecule has 0 fully saturated rings. The molecule has 3 nitrogen and oxygen atoms in total. The van der Waals surface area contributed by atoms with Gasteiger partial charge in [-0.1, -0.05) is 52.6 Å². The maximum atomic E-state index is 11.8. The molecule has 0 bridgehead atoms. The van der Waals surface area contributed by atoms with Crippen LogP contribution in [0.2, 0.25) is 10.0 Å². The lowest BCUT2D eigenvalue weighted by atomic mass is 10.0. The highest BCUT2D eigenvalue weighted by Crippen LogP contribution is 2.22. The zero-order valence-corrected chi connectivity index (χ0v) is 12.2. The van der Waals surface area contributed by atoms with Crippen LogP contribution in [0.4, 0.5) is 0 Å². The maximum absolute atomic E-state index is 11.8. The Bertz CT molecular complexity index is 747. The summed E-state index contributed by atoms with van der Waals surface area (Å²) >= 11 is 11.7. The van der Waals surface area contributed by atoms with Gasteiger partial charge in [-0.15, -0.1) is 0 Å². The second-order valence-electron chi connectivity index (χ2n) is 4.44. The number of hydrogen-bond donors (Lipinski definition) is 0. The van der Waals surface area contributed by atoms with Gasteiger partial charge in [0.2, 0.25) is 0 Å². The third-order valence-corrected chi connectivity index (χ3v) is 3.50. The highest BCUT2D eigenvalue weighted by molar-refractivity contribution is 6.33. The Balaban J connectivity index is 1.99. The van der Waals surface area contributed by atoms with Crippen molar-refractivity contribution in [2.75, 3.05) is 0 Å². The van der Waals surface area contributed by atoms with Gasteiger partial charge in [0.25, 0.3) is 0 Å². The van der Waals surface area contributed by atoms with Crippen molar-refractivity contribution in [2.45, 2.75) is 0 Å². The van der Waals surface area contributed by atoms with Gasteiger partial charge in [0.15, 0.2) is 0 Å². The second-order valence-corrected chi connectivity index (χ2v) is 5.31. The van der Waals surface area contributed by atoms with Crippen molar-refractivity contribution in [3.8, 4) is 0 Å². The third-order valence-electron chi connectivity index (χ3n) is 2.99. The van der Waals surface area contributed by atoms with Crippen LogP contribution in [0.1, 0.15) is 11.1 Å². The first-order chi connectivity index (χ1) is 10.1. The molecule has 0 unspecified atom stereocenters. The molecule has 3 rings (SSSR count). The topological polar surface area (TPSA) is 38.7 Å². The fraction of sp³-hybridized carbons (Fsp3) is 0. The van der Waals surface area contributed by atoms with E-state index in [9.17, 15) is 4.79 Å². The quantitative estimate of drug-likeness (QED) is 0.610. The maximum Gasteiger partial charge on any atom is 0.368 e. The molecule has 2 aromatic carbocycles. The molecule has 0 atom stereocenters. The SMILES string of the molecule is O=C1ON=C(c2ccc(Cl)cc2)C1=Cc1ccc(Cl)cc1. The molecule has 5 heteroatoms. The normalized spacial score (nSPS) is 16.0. The second kappa shape index (κ2) is 5.72. The van der Waals surface area contributed by atoms with E-state index in [1.54, 1.807) is 42.5 Å².